The minimum absolute atomic E-state index is 0.0647. The molecule has 0 heterocycles. The van der Waals surface area contributed by atoms with E-state index < -0.39 is 17.6 Å². The van der Waals surface area contributed by atoms with E-state index in [1.54, 1.807) is 6.07 Å². The molecule has 2 amide bonds. The summed E-state index contributed by atoms with van der Waals surface area (Å²) in [5.74, 6) is -0.814. The minimum Gasteiger partial charge on any atom is -0.334 e. The number of halogens is 5. The Bertz CT molecular complexity index is 1120. The summed E-state index contributed by atoms with van der Waals surface area (Å²) < 4.78 is 38.1. The lowest BCUT2D eigenvalue weighted by Crippen LogP contribution is -2.33. The number of amides is 2. The van der Waals surface area contributed by atoms with Gasteiger partial charge in [-0.25, -0.2) is 0 Å². The van der Waals surface area contributed by atoms with Crippen molar-refractivity contribution in [2.75, 3.05) is 11.9 Å². The summed E-state index contributed by atoms with van der Waals surface area (Å²) in [7, 11) is 0. The van der Waals surface area contributed by atoms with Gasteiger partial charge in [0.25, 0.3) is 5.91 Å². The van der Waals surface area contributed by atoms with Crippen molar-refractivity contribution in [1.82, 2.24) is 4.90 Å². The summed E-state index contributed by atoms with van der Waals surface area (Å²) in [6.07, 6.45) is -4.52. The second-order valence-corrected chi connectivity index (χ2v) is 8.05. The molecule has 3 rings (SSSR count). The monoisotopic (exact) mass is 494 g/mol. The first kappa shape index (κ1) is 24.6. The normalized spacial score (nSPS) is 11.2. The minimum atomic E-state index is -4.45. The van der Waals surface area contributed by atoms with Crippen molar-refractivity contribution in [2.45, 2.75) is 19.1 Å². The number of carbonyl (C=O) groups excluding carboxylic acids is 2. The highest BCUT2D eigenvalue weighted by Gasteiger charge is 2.30. The van der Waals surface area contributed by atoms with Crippen LogP contribution in [0.3, 0.4) is 0 Å². The van der Waals surface area contributed by atoms with Crippen molar-refractivity contribution in [3.05, 3.63) is 99.5 Å². The molecule has 9 heteroatoms. The van der Waals surface area contributed by atoms with Crippen molar-refractivity contribution < 1.29 is 22.8 Å². The number of carbonyl (C=O) groups is 2. The molecule has 0 aliphatic heterocycles. The Morgan fingerprint density at radius 2 is 1.58 bits per heavy atom. The van der Waals surface area contributed by atoms with Gasteiger partial charge in [-0.15, -0.1) is 0 Å². The largest absolute Gasteiger partial charge is 0.416 e. The SMILES string of the molecule is O=C(CCN(Cc1ccccc1)C(=O)c1ccc(Cl)cc1Cl)Nc1ccc(C(F)(F)F)cc1. The van der Waals surface area contributed by atoms with E-state index in [2.05, 4.69) is 5.32 Å². The lowest BCUT2D eigenvalue weighted by Gasteiger charge is -2.23. The predicted molar refractivity (Wildman–Crippen MR) is 122 cm³/mol. The van der Waals surface area contributed by atoms with Gasteiger partial charge in [0.15, 0.2) is 0 Å². The van der Waals surface area contributed by atoms with E-state index in [9.17, 15) is 22.8 Å². The van der Waals surface area contributed by atoms with Crippen LogP contribution in [0.25, 0.3) is 0 Å². The maximum absolute atomic E-state index is 13.1. The quantitative estimate of drug-likeness (QED) is 0.398. The Morgan fingerprint density at radius 3 is 2.18 bits per heavy atom. The van der Waals surface area contributed by atoms with Crippen LogP contribution < -0.4 is 5.32 Å². The predicted octanol–water partition coefficient (Wildman–Crippen LogP) is 6.68. The molecule has 1 N–H and O–H groups in total. The average molecular weight is 495 g/mol. The summed E-state index contributed by atoms with van der Waals surface area (Å²) in [6, 6.07) is 17.9. The zero-order chi connectivity index (χ0) is 24.0. The molecule has 172 valence electrons. The highest BCUT2D eigenvalue weighted by Crippen LogP contribution is 2.30. The molecule has 0 radical (unpaired) electrons. The Morgan fingerprint density at radius 1 is 0.909 bits per heavy atom. The van der Waals surface area contributed by atoms with Gasteiger partial charge in [0.2, 0.25) is 5.91 Å². The number of nitrogens with zero attached hydrogens (tertiary/aromatic N) is 1. The van der Waals surface area contributed by atoms with Crippen LogP contribution in [0.5, 0.6) is 0 Å². The van der Waals surface area contributed by atoms with E-state index >= 15 is 0 Å². The first-order valence-corrected chi connectivity index (χ1v) is 10.6. The Labute approximate surface area is 198 Å². The molecule has 0 fully saturated rings. The maximum atomic E-state index is 13.1. The standard InChI is InChI=1S/C24H19Cl2F3N2O2/c25-18-8-11-20(21(26)14-18)23(33)31(15-16-4-2-1-3-5-16)13-12-22(32)30-19-9-6-17(7-10-19)24(27,28)29/h1-11,14H,12-13,15H2,(H,30,32). The third-order valence-electron chi connectivity index (χ3n) is 4.77. The van der Waals surface area contributed by atoms with E-state index in [0.717, 1.165) is 17.7 Å². The average Bonchev–Trinajstić information content (AvgIpc) is 2.76. The molecule has 0 aliphatic carbocycles. The van der Waals surface area contributed by atoms with Gasteiger partial charge in [-0.3, -0.25) is 9.59 Å². The summed E-state index contributed by atoms with van der Waals surface area (Å²) in [5, 5.41) is 3.13. The van der Waals surface area contributed by atoms with Gasteiger partial charge < -0.3 is 10.2 Å². The van der Waals surface area contributed by atoms with Gasteiger partial charge in [0, 0.05) is 30.2 Å². The smallest absolute Gasteiger partial charge is 0.334 e. The van der Waals surface area contributed by atoms with Crippen LogP contribution in [-0.4, -0.2) is 23.3 Å². The number of anilines is 1. The zero-order valence-electron chi connectivity index (χ0n) is 17.2. The maximum Gasteiger partial charge on any atom is 0.416 e. The molecule has 33 heavy (non-hydrogen) atoms. The van der Waals surface area contributed by atoms with E-state index in [-0.39, 0.29) is 41.7 Å². The van der Waals surface area contributed by atoms with Gasteiger partial charge in [0.1, 0.15) is 0 Å². The van der Waals surface area contributed by atoms with Gasteiger partial charge >= 0.3 is 6.18 Å². The van der Waals surface area contributed by atoms with Gasteiger partial charge in [-0.05, 0) is 48.0 Å². The topological polar surface area (TPSA) is 49.4 Å². The van der Waals surface area contributed by atoms with E-state index in [4.69, 9.17) is 23.2 Å². The fourth-order valence-corrected chi connectivity index (χ4v) is 3.58. The number of rotatable bonds is 7. The van der Waals surface area contributed by atoms with Crippen molar-refractivity contribution >= 4 is 40.7 Å². The first-order chi connectivity index (χ1) is 15.6. The third-order valence-corrected chi connectivity index (χ3v) is 5.32. The van der Waals surface area contributed by atoms with Crippen molar-refractivity contribution in [2.24, 2.45) is 0 Å². The van der Waals surface area contributed by atoms with Gasteiger partial charge in [-0.2, -0.15) is 13.2 Å². The molecule has 0 aliphatic rings. The lowest BCUT2D eigenvalue weighted by molar-refractivity contribution is -0.137. The summed E-state index contributed by atoms with van der Waals surface area (Å²) >= 11 is 12.1. The molecular weight excluding hydrogens is 476 g/mol. The molecule has 3 aromatic carbocycles. The molecule has 0 unspecified atom stereocenters. The zero-order valence-corrected chi connectivity index (χ0v) is 18.7. The molecule has 4 nitrogen and oxygen atoms in total. The molecule has 0 atom stereocenters. The second-order valence-electron chi connectivity index (χ2n) is 7.21. The van der Waals surface area contributed by atoms with Gasteiger partial charge in [0.05, 0.1) is 16.1 Å². The molecule has 0 spiro atoms. The van der Waals surface area contributed by atoms with E-state index in [1.165, 1.54) is 29.2 Å². The van der Waals surface area contributed by atoms with E-state index in [1.807, 2.05) is 30.3 Å². The molecule has 0 aromatic heterocycles. The van der Waals surface area contributed by atoms with Crippen LogP contribution in [-0.2, 0) is 17.5 Å². The fraction of sp³-hybridized carbons (Fsp3) is 0.167. The van der Waals surface area contributed by atoms with Crippen LogP contribution in [0.15, 0.2) is 72.8 Å². The number of benzene rings is 3. The third kappa shape index (κ3) is 6.97. The number of nitrogens with one attached hydrogen (secondary N) is 1. The lowest BCUT2D eigenvalue weighted by atomic mass is 10.1. The molecule has 0 bridgehead atoms. The van der Waals surface area contributed by atoms with Crippen LogP contribution in [0.4, 0.5) is 18.9 Å². The van der Waals surface area contributed by atoms with Crippen LogP contribution >= 0.6 is 23.2 Å². The number of alkyl halides is 3. The van der Waals surface area contributed by atoms with Crippen molar-refractivity contribution in [3.8, 4) is 0 Å². The Balaban J connectivity index is 1.70. The first-order valence-electron chi connectivity index (χ1n) is 9.89. The molecular formula is C24H19Cl2F3N2O2. The van der Waals surface area contributed by atoms with Crippen LogP contribution in [0.2, 0.25) is 10.0 Å². The van der Waals surface area contributed by atoms with Crippen LogP contribution in [0.1, 0.15) is 27.9 Å². The molecule has 0 saturated carbocycles. The highest BCUT2D eigenvalue weighted by molar-refractivity contribution is 6.36. The van der Waals surface area contributed by atoms with Crippen molar-refractivity contribution in [3.63, 3.8) is 0 Å². The van der Waals surface area contributed by atoms with Crippen molar-refractivity contribution in [1.29, 1.82) is 0 Å². The summed E-state index contributed by atoms with van der Waals surface area (Å²) in [4.78, 5) is 27.0. The van der Waals surface area contributed by atoms with Gasteiger partial charge in [-0.1, -0.05) is 53.5 Å². The molecule has 3 aromatic rings. The fourth-order valence-electron chi connectivity index (χ4n) is 3.09. The Hall–Kier alpha value is -3.03. The second kappa shape index (κ2) is 10.7. The number of hydrogen-bond acceptors (Lipinski definition) is 2. The molecule has 0 saturated heterocycles. The Kier molecular flexibility index (Phi) is 8.00. The van der Waals surface area contributed by atoms with E-state index in [0.29, 0.717) is 5.02 Å². The summed E-state index contributed by atoms with van der Waals surface area (Å²) in [6.45, 7) is 0.311. The summed E-state index contributed by atoms with van der Waals surface area (Å²) in [5.41, 5.74) is 0.536. The highest BCUT2D eigenvalue weighted by atomic mass is 35.5. The van der Waals surface area contributed by atoms with Crippen LogP contribution in [0, 0.1) is 0 Å². The number of hydrogen-bond donors (Lipinski definition) is 1.